The van der Waals surface area contributed by atoms with Gasteiger partial charge in [0.1, 0.15) is 0 Å². The third-order valence-corrected chi connectivity index (χ3v) is 5.25. The normalized spacial score (nSPS) is 9.93. The van der Waals surface area contributed by atoms with Gasteiger partial charge < -0.3 is 0 Å². The van der Waals surface area contributed by atoms with E-state index in [1.54, 1.807) is 11.3 Å². The van der Waals surface area contributed by atoms with Gasteiger partial charge in [0.2, 0.25) is 0 Å². The van der Waals surface area contributed by atoms with Crippen LogP contribution in [-0.2, 0) is 0 Å². The highest BCUT2D eigenvalue weighted by Crippen LogP contribution is 2.39. The van der Waals surface area contributed by atoms with Gasteiger partial charge in [-0.25, -0.2) is 0 Å². The molecule has 0 saturated carbocycles. The van der Waals surface area contributed by atoms with E-state index in [9.17, 15) is 0 Å². The number of rotatable bonds is 1. The Kier molecular flexibility index (Phi) is 3.25. The van der Waals surface area contributed by atoms with Crippen LogP contribution in [-0.4, -0.2) is 0 Å². The first-order valence-electron chi connectivity index (χ1n) is 4.16. The maximum absolute atomic E-state index is 8.99. The first kappa shape index (κ1) is 10.9. The van der Waals surface area contributed by atoms with Crippen LogP contribution in [0.2, 0.25) is 0 Å². The Hall–Kier alpha value is -0.630. The molecule has 15 heavy (non-hydrogen) atoms. The number of nitrogens with zero attached hydrogens (tertiary/aromatic N) is 1. The minimum Gasteiger partial charge on any atom is -0.192 e. The minimum absolute atomic E-state index is 0.707. The zero-order valence-electron chi connectivity index (χ0n) is 7.50. The second kappa shape index (κ2) is 4.48. The molecule has 0 atom stereocenters. The van der Waals surface area contributed by atoms with Crippen LogP contribution < -0.4 is 0 Å². The predicted molar refractivity (Wildman–Crippen MR) is 69.9 cm³/mol. The summed E-state index contributed by atoms with van der Waals surface area (Å²) in [5, 5.41) is 8.99. The van der Waals surface area contributed by atoms with Crippen LogP contribution in [0.3, 0.4) is 0 Å². The van der Waals surface area contributed by atoms with Gasteiger partial charge in [0, 0.05) is 14.9 Å². The Morgan fingerprint density at radius 1 is 1.20 bits per heavy atom. The van der Waals surface area contributed by atoms with Gasteiger partial charge in [-0.1, -0.05) is 18.2 Å². The molecule has 0 radical (unpaired) electrons. The van der Waals surface area contributed by atoms with Gasteiger partial charge in [-0.05, 0) is 44.0 Å². The van der Waals surface area contributed by atoms with Gasteiger partial charge in [-0.2, -0.15) is 5.26 Å². The molecule has 0 unspecified atom stereocenters. The van der Waals surface area contributed by atoms with E-state index in [4.69, 9.17) is 5.26 Å². The first-order chi connectivity index (χ1) is 7.22. The standard InChI is InChI=1S/C11H5Br2NS/c12-9-5-10(15-11(9)13)8-4-2-1-3-7(8)6-14/h1-5H. The molecular weight excluding hydrogens is 338 g/mol. The number of thiophene rings is 1. The highest BCUT2D eigenvalue weighted by Gasteiger charge is 2.09. The first-order valence-corrected chi connectivity index (χ1v) is 6.57. The number of halogens is 2. The van der Waals surface area contributed by atoms with Crippen molar-refractivity contribution in [2.45, 2.75) is 0 Å². The summed E-state index contributed by atoms with van der Waals surface area (Å²) in [5.74, 6) is 0. The summed E-state index contributed by atoms with van der Waals surface area (Å²) in [6, 6.07) is 11.8. The zero-order chi connectivity index (χ0) is 10.8. The molecule has 2 rings (SSSR count). The fourth-order valence-electron chi connectivity index (χ4n) is 1.27. The van der Waals surface area contributed by atoms with Crippen molar-refractivity contribution in [2.24, 2.45) is 0 Å². The summed E-state index contributed by atoms with van der Waals surface area (Å²) in [4.78, 5) is 1.09. The third-order valence-electron chi connectivity index (χ3n) is 1.96. The second-order valence-electron chi connectivity index (χ2n) is 2.89. The van der Waals surface area contributed by atoms with E-state index < -0.39 is 0 Å². The molecule has 1 heterocycles. The Labute approximate surface area is 109 Å². The van der Waals surface area contributed by atoms with E-state index in [2.05, 4.69) is 37.9 Å². The molecule has 0 bridgehead atoms. The smallest absolute Gasteiger partial charge is 0.0998 e. The molecule has 0 aliphatic heterocycles. The summed E-state index contributed by atoms with van der Waals surface area (Å²) in [5.41, 5.74) is 1.69. The van der Waals surface area contributed by atoms with E-state index in [0.29, 0.717) is 5.56 Å². The lowest BCUT2D eigenvalue weighted by Crippen LogP contribution is -1.79. The molecule has 0 fully saturated rings. The van der Waals surface area contributed by atoms with E-state index >= 15 is 0 Å². The Bertz CT molecular complexity index is 520. The van der Waals surface area contributed by atoms with Crippen molar-refractivity contribution in [2.75, 3.05) is 0 Å². The molecule has 0 aliphatic carbocycles. The molecule has 0 N–H and O–H groups in total. The summed E-state index contributed by atoms with van der Waals surface area (Å²) in [6.07, 6.45) is 0. The van der Waals surface area contributed by atoms with Crippen LogP contribution in [0.25, 0.3) is 10.4 Å². The molecule has 1 nitrogen and oxygen atoms in total. The summed E-state index contributed by atoms with van der Waals surface area (Å²) < 4.78 is 2.07. The lowest BCUT2D eigenvalue weighted by atomic mass is 10.1. The van der Waals surface area contributed by atoms with Crippen LogP contribution in [0.4, 0.5) is 0 Å². The van der Waals surface area contributed by atoms with Crippen molar-refractivity contribution >= 4 is 43.2 Å². The third kappa shape index (κ3) is 2.15. The topological polar surface area (TPSA) is 23.8 Å². The lowest BCUT2D eigenvalue weighted by Gasteiger charge is -1.98. The molecule has 0 aliphatic rings. The van der Waals surface area contributed by atoms with Crippen LogP contribution in [0, 0.1) is 11.3 Å². The average Bonchev–Trinajstić information content (AvgIpc) is 2.59. The zero-order valence-corrected chi connectivity index (χ0v) is 11.5. The molecule has 1 aromatic heterocycles. The van der Waals surface area contributed by atoms with Crippen molar-refractivity contribution in [3.05, 3.63) is 44.2 Å². The number of benzene rings is 1. The number of hydrogen-bond acceptors (Lipinski definition) is 2. The molecule has 0 amide bonds. The maximum Gasteiger partial charge on any atom is 0.0998 e. The minimum atomic E-state index is 0.707. The number of nitriles is 1. The van der Waals surface area contributed by atoms with Gasteiger partial charge >= 0.3 is 0 Å². The summed E-state index contributed by atoms with van der Waals surface area (Å²) in [7, 11) is 0. The highest BCUT2D eigenvalue weighted by molar-refractivity contribution is 9.13. The largest absolute Gasteiger partial charge is 0.192 e. The molecule has 2 aromatic rings. The highest BCUT2D eigenvalue weighted by atomic mass is 79.9. The van der Waals surface area contributed by atoms with Crippen molar-refractivity contribution < 1.29 is 0 Å². The molecule has 0 spiro atoms. The summed E-state index contributed by atoms with van der Waals surface area (Å²) >= 11 is 8.50. The quantitative estimate of drug-likeness (QED) is 0.729. The average molecular weight is 343 g/mol. The van der Waals surface area contributed by atoms with Gasteiger partial charge in [-0.3, -0.25) is 0 Å². The Morgan fingerprint density at radius 2 is 1.93 bits per heavy atom. The number of hydrogen-bond donors (Lipinski definition) is 0. The fourth-order valence-corrected chi connectivity index (χ4v) is 3.35. The van der Waals surface area contributed by atoms with E-state index in [1.807, 2.05) is 30.3 Å². The summed E-state index contributed by atoms with van der Waals surface area (Å²) in [6.45, 7) is 0. The van der Waals surface area contributed by atoms with Crippen molar-refractivity contribution in [1.82, 2.24) is 0 Å². The molecule has 1 aromatic carbocycles. The van der Waals surface area contributed by atoms with Gasteiger partial charge in [-0.15, -0.1) is 11.3 Å². The molecule has 74 valence electrons. The van der Waals surface area contributed by atoms with E-state index in [-0.39, 0.29) is 0 Å². The Balaban J connectivity index is 2.59. The monoisotopic (exact) mass is 341 g/mol. The van der Waals surface area contributed by atoms with Crippen LogP contribution >= 0.6 is 43.2 Å². The molecule has 0 saturated heterocycles. The van der Waals surface area contributed by atoms with Gasteiger partial charge in [0.15, 0.2) is 0 Å². The van der Waals surface area contributed by atoms with Crippen LogP contribution in [0.15, 0.2) is 38.6 Å². The second-order valence-corrected chi connectivity index (χ2v) is 6.11. The van der Waals surface area contributed by atoms with Gasteiger partial charge in [0.25, 0.3) is 0 Å². The molecular formula is C11H5Br2NS. The van der Waals surface area contributed by atoms with E-state index in [1.165, 1.54) is 0 Å². The maximum atomic E-state index is 8.99. The van der Waals surface area contributed by atoms with E-state index in [0.717, 1.165) is 18.7 Å². The van der Waals surface area contributed by atoms with Crippen molar-refractivity contribution in [1.29, 1.82) is 5.26 Å². The fraction of sp³-hybridized carbons (Fsp3) is 0. The van der Waals surface area contributed by atoms with Crippen LogP contribution in [0.5, 0.6) is 0 Å². The van der Waals surface area contributed by atoms with Gasteiger partial charge in [0.05, 0.1) is 15.4 Å². The molecule has 4 heteroatoms. The van der Waals surface area contributed by atoms with Crippen LogP contribution in [0.1, 0.15) is 5.56 Å². The Morgan fingerprint density at radius 3 is 2.53 bits per heavy atom. The predicted octanol–water partition coefficient (Wildman–Crippen LogP) is 4.81. The van der Waals surface area contributed by atoms with Crippen molar-refractivity contribution in [3.8, 4) is 16.5 Å². The lowest BCUT2D eigenvalue weighted by molar-refractivity contribution is 1.49. The van der Waals surface area contributed by atoms with Crippen molar-refractivity contribution in [3.63, 3.8) is 0 Å². The SMILES string of the molecule is N#Cc1ccccc1-c1cc(Br)c(Br)s1.